The van der Waals surface area contributed by atoms with Crippen molar-refractivity contribution >= 4 is 6.03 Å². The molecular formula is C13H16N2O2. The number of amides is 2. The van der Waals surface area contributed by atoms with E-state index in [9.17, 15) is 4.79 Å². The molecule has 4 heteroatoms. The fourth-order valence-electron chi connectivity index (χ4n) is 2.30. The minimum Gasteiger partial charge on any atom is -0.322 e. The van der Waals surface area contributed by atoms with Crippen LogP contribution in [0.3, 0.4) is 0 Å². The van der Waals surface area contributed by atoms with Crippen molar-refractivity contribution in [2.45, 2.75) is 20.1 Å². The van der Waals surface area contributed by atoms with E-state index in [2.05, 4.69) is 13.8 Å². The van der Waals surface area contributed by atoms with Crippen LogP contribution >= 0.6 is 0 Å². The maximum Gasteiger partial charge on any atom is 0.346 e. The van der Waals surface area contributed by atoms with Gasteiger partial charge in [0.1, 0.15) is 0 Å². The minimum absolute atomic E-state index is 0.0156. The largest absolute Gasteiger partial charge is 0.346 e. The summed E-state index contributed by atoms with van der Waals surface area (Å²) >= 11 is 0. The van der Waals surface area contributed by atoms with Crippen LogP contribution in [0.4, 0.5) is 4.79 Å². The molecule has 1 atom stereocenters. The van der Waals surface area contributed by atoms with Crippen LogP contribution in [0.2, 0.25) is 0 Å². The Morgan fingerprint density at radius 2 is 1.94 bits per heavy atom. The average molecular weight is 232 g/mol. The molecule has 0 N–H and O–H groups in total. The van der Waals surface area contributed by atoms with Gasteiger partial charge >= 0.3 is 6.03 Å². The maximum absolute atomic E-state index is 12.0. The molecule has 3 rings (SSSR count). The second-order valence-corrected chi connectivity index (χ2v) is 5.50. The zero-order valence-corrected chi connectivity index (χ0v) is 10.1. The molecule has 2 saturated heterocycles. The summed E-state index contributed by atoms with van der Waals surface area (Å²) in [7, 11) is 0. The summed E-state index contributed by atoms with van der Waals surface area (Å²) in [5.41, 5.74) is 1.29. The summed E-state index contributed by atoms with van der Waals surface area (Å²) in [6, 6.07) is 9.78. The summed E-state index contributed by atoms with van der Waals surface area (Å²) < 4.78 is 0. The van der Waals surface area contributed by atoms with Gasteiger partial charge in [-0.15, -0.1) is 0 Å². The Hall–Kier alpha value is -1.55. The van der Waals surface area contributed by atoms with Gasteiger partial charge in [0.25, 0.3) is 0 Å². The van der Waals surface area contributed by atoms with Gasteiger partial charge in [0.05, 0.1) is 0 Å². The van der Waals surface area contributed by atoms with Crippen molar-refractivity contribution in [1.82, 2.24) is 9.96 Å². The second kappa shape index (κ2) is 3.47. The van der Waals surface area contributed by atoms with Crippen LogP contribution in [0.25, 0.3) is 0 Å². The number of rotatable bonds is 1. The molecule has 0 saturated carbocycles. The number of benzene rings is 1. The third kappa shape index (κ3) is 1.89. The summed E-state index contributed by atoms with van der Waals surface area (Å²) in [6.45, 7) is 5.95. The normalized spacial score (nSPS) is 25.4. The highest BCUT2D eigenvalue weighted by Gasteiger charge is 2.48. The smallest absolute Gasteiger partial charge is 0.322 e. The molecule has 1 aromatic carbocycles. The van der Waals surface area contributed by atoms with Crippen LogP contribution in [0.5, 0.6) is 0 Å². The van der Waals surface area contributed by atoms with Crippen LogP contribution in [0.15, 0.2) is 30.3 Å². The fraction of sp³-hybridized carbons (Fsp3) is 0.462. The van der Waals surface area contributed by atoms with Gasteiger partial charge in [-0.25, -0.2) is 9.63 Å². The number of hydrogen-bond donors (Lipinski definition) is 0. The Balaban J connectivity index is 1.61. The van der Waals surface area contributed by atoms with E-state index in [1.807, 2.05) is 35.2 Å². The first-order valence-electron chi connectivity index (χ1n) is 5.87. The fourth-order valence-corrected chi connectivity index (χ4v) is 2.30. The van der Waals surface area contributed by atoms with E-state index in [0.717, 1.165) is 18.7 Å². The third-order valence-electron chi connectivity index (χ3n) is 3.16. The van der Waals surface area contributed by atoms with Gasteiger partial charge in [0, 0.05) is 24.1 Å². The first-order chi connectivity index (χ1) is 8.07. The van der Waals surface area contributed by atoms with E-state index in [4.69, 9.17) is 4.84 Å². The number of hydrogen-bond acceptors (Lipinski definition) is 2. The van der Waals surface area contributed by atoms with Crippen molar-refractivity contribution in [3.8, 4) is 0 Å². The van der Waals surface area contributed by atoms with E-state index >= 15 is 0 Å². The van der Waals surface area contributed by atoms with Crippen LogP contribution in [0, 0.1) is 5.41 Å². The van der Waals surface area contributed by atoms with Crippen LogP contribution in [-0.2, 0) is 4.84 Å². The molecule has 2 heterocycles. The SMILES string of the molecule is CC1(C)CN(C(=O)N2OC2c2ccccc2)C1. The predicted molar refractivity (Wildman–Crippen MR) is 62.9 cm³/mol. The highest BCUT2D eigenvalue weighted by Crippen LogP contribution is 2.40. The molecule has 17 heavy (non-hydrogen) atoms. The zero-order valence-electron chi connectivity index (χ0n) is 10.1. The molecule has 90 valence electrons. The third-order valence-corrected chi connectivity index (χ3v) is 3.16. The van der Waals surface area contributed by atoms with Gasteiger partial charge in [-0.3, -0.25) is 0 Å². The first-order valence-corrected chi connectivity index (χ1v) is 5.87. The summed E-state index contributed by atoms with van der Waals surface area (Å²) in [6.07, 6.45) is -0.188. The lowest BCUT2D eigenvalue weighted by molar-refractivity contribution is 0.0390. The second-order valence-electron chi connectivity index (χ2n) is 5.50. The predicted octanol–water partition coefficient (Wildman–Crippen LogP) is 2.39. The van der Waals surface area contributed by atoms with E-state index in [-0.39, 0.29) is 17.7 Å². The number of nitrogens with zero attached hydrogens (tertiary/aromatic N) is 2. The average Bonchev–Trinajstić information content (AvgIpc) is 3.06. The lowest BCUT2D eigenvalue weighted by atomic mass is 9.85. The van der Waals surface area contributed by atoms with E-state index in [1.54, 1.807) is 0 Å². The van der Waals surface area contributed by atoms with Crippen molar-refractivity contribution < 1.29 is 9.63 Å². The molecule has 2 aliphatic heterocycles. The molecule has 0 radical (unpaired) electrons. The molecule has 1 unspecified atom stereocenters. The van der Waals surface area contributed by atoms with Gasteiger partial charge in [-0.1, -0.05) is 44.2 Å². The first kappa shape index (κ1) is 10.6. The zero-order chi connectivity index (χ0) is 12.0. The Bertz CT molecular complexity index is 436. The van der Waals surface area contributed by atoms with Crippen LogP contribution < -0.4 is 0 Å². The highest BCUT2D eigenvalue weighted by molar-refractivity contribution is 5.76. The number of carbonyl (C=O) groups is 1. The van der Waals surface area contributed by atoms with Crippen molar-refractivity contribution in [3.63, 3.8) is 0 Å². The molecular weight excluding hydrogens is 216 g/mol. The van der Waals surface area contributed by atoms with E-state index in [1.165, 1.54) is 5.06 Å². The highest BCUT2D eigenvalue weighted by atomic mass is 16.8. The maximum atomic E-state index is 12.0. The molecule has 1 aromatic rings. The molecule has 2 fully saturated rings. The van der Waals surface area contributed by atoms with E-state index in [0.29, 0.717) is 0 Å². The molecule has 0 spiro atoms. The molecule has 0 aliphatic carbocycles. The van der Waals surface area contributed by atoms with Crippen LogP contribution in [-0.4, -0.2) is 29.1 Å². The number of hydroxylamine groups is 2. The van der Waals surface area contributed by atoms with Crippen molar-refractivity contribution in [2.24, 2.45) is 5.41 Å². The summed E-state index contributed by atoms with van der Waals surface area (Å²) in [4.78, 5) is 19.1. The van der Waals surface area contributed by atoms with Gasteiger partial charge in [0.2, 0.25) is 6.23 Å². The van der Waals surface area contributed by atoms with Gasteiger partial charge in [-0.05, 0) is 0 Å². The standard InChI is InChI=1S/C13H16N2O2/c1-13(2)8-14(9-13)12(16)15-11(17-15)10-6-4-3-5-7-10/h3-7,11H,8-9H2,1-2H3. The summed E-state index contributed by atoms with van der Waals surface area (Å²) in [5.74, 6) is 0. The Kier molecular flexibility index (Phi) is 2.16. The van der Waals surface area contributed by atoms with Gasteiger partial charge in [-0.2, -0.15) is 5.06 Å². The van der Waals surface area contributed by atoms with Crippen molar-refractivity contribution in [2.75, 3.05) is 13.1 Å². The van der Waals surface area contributed by atoms with E-state index < -0.39 is 0 Å². The molecule has 4 nitrogen and oxygen atoms in total. The number of urea groups is 1. The molecule has 2 amide bonds. The van der Waals surface area contributed by atoms with Gasteiger partial charge < -0.3 is 4.90 Å². The number of carbonyl (C=O) groups excluding carboxylic acids is 1. The molecule has 2 aliphatic rings. The lowest BCUT2D eigenvalue weighted by Gasteiger charge is -2.45. The van der Waals surface area contributed by atoms with Gasteiger partial charge in [0.15, 0.2) is 0 Å². The van der Waals surface area contributed by atoms with Crippen molar-refractivity contribution in [1.29, 1.82) is 0 Å². The quantitative estimate of drug-likeness (QED) is 0.697. The number of likely N-dealkylation sites (tertiary alicyclic amines) is 1. The molecule has 0 aromatic heterocycles. The Morgan fingerprint density at radius 3 is 2.53 bits per heavy atom. The topological polar surface area (TPSA) is 35.9 Å². The lowest BCUT2D eigenvalue weighted by Crippen LogP contribution is -2.56. The Morgan fingerprint density at radius 1 is 1.29 bits per heavy atom. The molecule has 0 bridgehead atoms. The monoisotopic (exact) mass is 232 g/mol. The minimum atomic E-state index is -0.188. The van der Waals surface area contributed by atoms with Crippen LogP contribution in [0.1, 0.15) is 25.6 Å². The summed E-state index contributed by atoms with van der Waals surface area (Å²) in [5, 5.41) is 1.45. The Labute approximate surface area is 101 Å². The van der Waals surface area contributed by atoms with Crippen molar-refractivity contribution in [3.05, 3.63) is 35.9 Å².